The van der Waals surface area contributed by atoms with Crippen LogP contribution in [-0.4, -0.2) is 81.5 Å². The molecule has 3 fully saturated rings. The van der Waals surface area contributed by atoms with Crippen molar-refractivity contribution in [3.05, 3.63) is 0 Å². The summed E-state index contributed by atoms with van der Waals surface area (Å²) in [7, 11) is 0. The standard InChI is InChI=1S/C10H19N5O4S/c11-10-13-7-4(8(20)14-10)12-2-15(7)9-6(18)5(17)3(1-16)19-9/h3-7,9-10,12-13,16-18H,1-2,11H2,(H,14,20)/t3-,4?,5-,6-,7?,9-,10?/m1/s1. The van der Waals surface area contributed by atoms with Gasteiger partial charge in [-0.15, -0.1) is 0 Å². The fourth-order valence-electron chi connectivity index (χ4n) is 2.90. The number of nitrogens with one attached hydrogen (secondary N) is 3. The number of aliphatic hydroxyl groups excluding tert-OH is 3. The summed E-state index contributed by atoms with van der Waals surface area (Å²) in [5.41, 5.74) is 5.80. The molecule has 0 bridgehead atoms. The Kier molecular flexibility index (Phi) is 3.92. The molecule has 3 unspecified atom stereocenters. The smallest absolute Gasteiger partial charge is 0.142 e. The van der Waals surface area contributed by atoms with Gasteiger partial charge in [0.25, 0.3) is 0 Å². The van der Waals surface area contributed by atoms with Crippen molar-refractivity contribution in [1.29, 1.82) is 0 Å². The number of fused-ring (bicyclic) bond motifs is 1. The highest BCUT2D eigenvalue weighted by molar-refractivity contribution is 7.80. The van der Waals surface area contributed by atoms with E-state index in [1.165, 1.54) is 0 Å². The zero-order valence-corrected chi connectivity index (χ0v) is 11.5. The van der Waals surface area contributed by atoms with Crippen molar-refractivity contribution < 1.29 is 20.1 Å². The highest BCUT2D eigenvalue weighted by Gasteiger charge is 2.51. The van der Waals surface area contributed by atoms with Crippen molar-refractivity contribution in [2.75, 3.05) is 13.3 Å². The summed E-state index contributed by atoms with van der Waals surface area (Å²) >= 11 is 5.23. The monoisotopic (exact) mass is 305 g/mol. The second-order valence-electron chi connectivity index (χ2n) is 5.18. The first-order chi connectivity index (χ1) is 9.52. The summed E-state index contributed by atoms with van der Waals surface area (Å²) in [5.74, 6) is 0. The van der Waals surface area contributed by atoms with Crippen LogP contribution >= 0.6 is 12.2 Å². The topological polar surface area (TPSA) is 135 Å². The van der Waals surface area contributed by atoms with Gasteiger partial charge in [0.15, 0.2) is 0 Å². The van der Waals surface area contributed by atoms with E-state index in [0.29, 0.717) is 11.7 Å². The number of nitrogens with zero attached hydrogens (tertiary/aromatic N) is 1. The molecule has 0 saturated carbocycles. The Morgan fingerprint density at radius 3 is 2.80 bits per heavy atom. The molecule has 20 heavy (non-hydrogen) atoms. The van der Waals surface area contributed by atoms with Crippen LogP contribution in [0.3, 0.4) is 0 Å². The third kappa shape index (κ3) is 2.22. The number of ether oxygens (including phenoxy) is 1. The van der Waals surface area contributed by atoms with Gasteiger partial charge in [-0.1, -0.05) is 12.2 Å². The first kappa shape index (κ1) is 14.5. The molecule has 0 spiro atoms. The first-order valence-electron chi connectivity index (χ1n) is 6.46. The Balaban J connectivity index is 1.76. The van der Waals surface area contributed by atoms with E-state index in [4.69, 9.17) is 27.8 Å². The molecule has 3 aliphatic rings. The van der Waals surface area contributed by atoms with Crippen molar-refractivity contribution >= 4 is 17.2 Å². The maximum absolute atomic E-state index is 10.1. The fraction of sp³-hybridized carbons (Fsp3) is 0.900. The predicted octanol–water partition coefficient (Wildman–Crippen LogP) is -4.25. The van der Waals surface area contributed by atoms with Crippen LogP contribution in [0.15, 0.2) is 0 Å². The molecule has 0 aromatic carbocycles. The zero-order valence-electron chi connectivity index (χ0n) is 10.6. The molecule has 10 heteroatoms. The SMILES string of the molecule is NC1NC(=S)C2NCN([C@@H]3O[C@H](CO)[C@@H](O)[C@H]3O)C2N1. The van der Waals surface area contributed by atoms with Crippen molar-refractivity contribution in [3.8, 4) is 0 Å². The summed E-state index contributed by atoms with van der Waals surface area (Å²) < 4.78 is 5.53. The number of rotatable bonds is 2. The fourth-order valence-corrected chi connectivity index (χ4v) is 3.24. The summed E-state index contributed by atoms with van der Waals surface area (Å²) in [5, 5.41) is 38.3. The van der Waals surface area contributed by atoms with Gasteiger partial charge in [-0.3, -0.25) is 16.4 Å². The Labute approximate surface area is 121 Å². The average molecular weight is 305 g/mol. The number of nitrogens with two attached hydrogens (primary N) is 1. The lowest BCUT2D eigenvalue weighted by atomic mass is 10.1. The molecule has 3 aliphatic heterocycles. The lowest BCUT2D eigenvalue weighted by Crippen LogP contribution is -2.70. The van der Waals surface area contributed by atoms with Crippen LogP contribution in [-0.2, 0) is 4.74 Å². The van der Waals surface area contributed by atoms with Gasteiger partial charge >= 0.3 is 0 Å². The molecule has 0 radical (unpaired) electrons. The normalized spacial score (nSPS) is 49.2. The number of thiocarbonyl (C=S) groups is 1. The van der Waals surface area contributed by atoms with E-state index in [1.54, 1.807) is 4.90 Å². The van der Waals surface area contributed by atoms with Crippen molar-refractivity contribution in [2.45, 2.75) is 43.0 Å². The van der Waals surface area contributed by atoms with Crippen LogP contribution in [0.2, 0.25) is 0 Å². The molecule has 0 amide bonds. The minimum atomic E-state index is -1.12. The molecule has 114 valence electrons. The average Bonchev–Trinajstić information content (AvgIpc) is 2.93. The van der Waals surface area contributed by atoms with E-state index in [0.717, 1.165) is 0 Å². The molecule has 9 nitrogen and oxygen atoms in total. The van der Waals surface area contributed by atoms with E-state index >= 15 is 0 Å². The molecular formula is C10H19N5O4S. The third-order valence-electron chi connectivity index (χ3n) is 3.94. The van der Waals surface area contributed by atoms with Gasteiger partial charge in [-0.2, -0.15) is 0 Å². The Hall–Kier alpha value is -0.430. The Bertz CT molecular complexity index is 402. The number of aliphatic hydroxyl groups is 3. The largest absolute Gasteiger partial charge is 0.394 e. The maximum Gasteiger partial charge on any atom is 0.142 e. The number of hydrogen-bond acceptors (Lipinski definition) is 9. The second kappa shape index (κ2) is 5.40. The maximum atomic E-state index is 10.1. The Morgan fingerprint density at radius 2 is 2.15 bits per heavy atom. The van der Waals surface area contributed by atoms with Gasteiger partial charge in [0, 0.05) is 0 Å². The van der Waals surface area contributed by atoms with Gasteiger partial charge < -0.3 is 25.4 Å². The lowest BCUT2D eigenvalue weighted by Gasteiger charge is -2.39. The third-order valence-corrected chi connectivity index (χ3v) is 4.31. The zero-order chi connectivity index (χ0) is 14.4. The molecule has 0 aromatic heterocycles. The summed E-state index contributed by atoms with van der Waals surface area (Å²) in [4.78, 5) is 2.40. The first-order valence-corrected chi connectivity index (χ1v) is 6.87. The van der Waals surface area contributed by atoms with Crippen LogP contribution in [0.1, 0.15) is 0 Å². The van der Waals surface area contributed by atoms with E-state index in [9.17, 15) is 10.2 Å². The highest BCUT2D eigenvalue weighted by atomic mass is 32.1. The van der Waals surface area contributed by atoms with Crippen LogP contribution < -0.4 is 21.7 Å². The summed E-state index contributed by atoms with van der Waals surface area (Å²) in [6.45, 7) is 0.0699. The van der Waals surface area contributed by atoms with Gasteiger partial charge in [0.2, 0.25) is 0 Å². The van der Waals surface area contributed by atoms with Gasteiger partial charge in [-0.25, -0.2) is 4.90 Å². The second-order valence-corrected chi connectivity index (χ2v) is 5.62. The number of hydrogen-bond donors (Lipinski definition) is 7. The molecule has 3 saturated heterocycles. The summed E-state index contributed by atoms with van der Waals surface area (Å²) in [6, 6.07) is -0.147. The Morgan fingerprint density at radius 1 is 1.40 bits per heavy atom. The van der Waals surface area contributed by atoms with Crippen LogP contribution in [0.5, 0.6) is 0 Å². The van der Waals surface area contributed by atoms with Crippen LogP contribution in [0, 0.1) is 0 Å². The van der Waals surface area contributed by atoms with Crippen LogP contribution in [0.4, 0.5) is 0 Å². The van der Waals surface area contributed by atoms with Gasteiger partial charge in [0.1, 0.15) is 30.8 Å². The molecule has 8 N–H and O–H groups in total. The predicted molar refractivity (Wildman–Crippen MR) is 72.0 cm³/mol. The lowest BCUT2D eigenvalue weighted by molar-refractivity contribution is -0.108. The van der Waals surface area contributed by atoms with Gasteiger partial charge in [0.05, 0.1) is 30.5 Å². The van der Waals surface area contributed by atoms with Gasteiger partial charge in [-0.05, 0) is 0 Å². The van der Waals surface area contributed by atoms with Crippen molar-refractivity contribution in [3.63, 3.8) is 0 Å². The molecule has 0 aromatic rings. The summed E-state index contributed by atoms with van der Waals surface area (Å²) in [6.07, 6.45) is -4.48. The quantitative estimate of drug-likeness (QED) is 0.251. The van der Waals surface area contributed by atoms with Crippen molar-refractivity contribution in [2.24, 2.45) is 5.73 Å². The van der Waals surface area contributed by atoms with E-state index in [2.05, 4.69) is 16.0 Å². The minimum absolute atomic E-state index is 0.147. The molecule has 3 heterocycles. The molecular weight excluding hydrogens is 286 g/mol. The highest BCUT2D eigenvalue weighted by Crippen LogP contribution is 2.28. The van der Waals surface area contributed by atoms with E-state index in [1.807, 2.05) is 0 Å². The molecule has 0 aliphatic carbocycles. The minimum Gasteiger partial charge on any atom is -0.394 e. The molecule has 7 atom stereocenters. The van der Waals surface area contributed by atoms with Crippen LogP contribution in [0.25, 0.3) is 0 Å². The molecule has 3 rings (SSSR count). The van der Waals surface area contributed by atoms with E-state index in [-0.39, 0.29) is 18.8 Å². The van der Waals surface area contributed by atoms with E-state index < -0.39 is 30.8 Å². The van der Waals surface area contributed by atoms with Crippen molar-refractivity contribution in [1.82, 2.24) is 20.9 Å².